The van der Waals surface area contributed by atoms with Crippen molar-refractivity contribution in [2.45, 2.75) is 12.8 Å². The van der Waals surface area contributed by atoms with Crippen molar-refractivity contribution in [2.75, 3.05) is 12.4 Å². The molecule has 0 saturated carbocycles. The van der Waals surface area contributed by atoms with Crippen LogP contribution in [-0.2, 0) is 11.2 Å². The Bertz CT molecular complexity index is 615. The fourth-order valence-electron chi connectivity index (χ4n) is 1.61. The Morgan fingerprint density at radius 3 is 3.05 bits per heavy atom. The number of halogens is 1. The molecule has 0 aliphatic carbocycles. The zero-order valence-electron chi connectivity index (χ0n) is 10.7. The topological polar surface area (TPSA) is 71.5 Å². The monoisotopic (exact) mass is 312 g/mol. The number of carboxylic acid groups (broad SMARTS) is 1. The Hall–Kier alpha value is -1.79. The average Bonchev–Trinajstić information content (AvgIpc) is 2.84. The summed E-state index contributed by atoms with van der Waals surface area (Å²) in [4.78, 5) is 14.8. The lowest BCUT2D eigenvalue weighted by Crippen LogP contribution is -1.98. The normalized spacial score (nSPS) is 10.3. The van der Waals surface area contributed by atoms with Crippen LogP contribution in [0, 0.1) is 0 Å². The average molecular weight is 313 g/mol. The highest BCUT2D eigenvalue weighted by Crippen LogP contribution is 2.31. The first-order valence-corrected chi connectivity index (χ1v) is 7.11. The van der Waals surface area contributed by atoms with Gasteiger partial charge in [0.15, 0.2) is 5.13 Å². The molecule has 0 saturated heterocycles. The van der Waals surface area contributed by atoms with Gasteiger partial charge < -0.3 is 15.2 Å². The van der Waals surface area contributed by atoms with Crippen molar-refractivity contribution in [2.24, 2.45) is 0 Å². The number of aryl methyl sites for hydroxylation is 1. The summed E-state index contributed by atoms with van der Waals surface area (Å²) in [5, 5.41) is 14.9. The van der Waals surface area contributed by atoms with Crippen molar-refractivity contribution < 1.29 is 14.6 Å². The van der Waals surface area contributed by atoms with E-state index in [9.17, 15) is 4.79 Å². The summed E-state index contributed by atoms with van der Waals surface area (Å²) in [5.74, 6) is -0.166. The van der Waals surface area contributed by atoms with Gasteiger partial charge in [-0.2, -0.15) is 0 Å². The van der Waals surface area contributed by atoms with E-state index in [1.54, 1.807) is 25.3 Å². The number of nitrogens with zero attached hydrogens (tertiary/aromatic N) is 1. The van der Waals surface area contributed by atoms with Crippen LogP contribution in [0.1, 0.15) is 12.1 Å². The molecule has 0 unspecified atom stereocenters. The second-order valence-corrected chi connectivity index (χ2v) is 5.30. The van der Waals surface area contributed by atoms with Crippen molar-refractivity contribution in [3.63, 3.8) is 0 Å². The molecule has 2 N–H and O–H groups in total. The number of ether oxygens (including phenoxy) is 1. The van der Waals surface area contributed by atoms with Gasteiger partial charge in [-0.15, -0.1) is 11.3 Å². The van der Waals surface area contributed by atoms with E-state index >= 15 is 0 Å². The van der Waals surface area contributed by atoms with Gasteiger partial charge in [-0.1, -0.05) is 11.6 Å². The van der Waals surface area contributed by atoms with E-state index in [0.29, 0.717) is 22.3 Å². The van der Waals surface area contributed by atoms with Crippen LogP contribution in [-0.4, -0.2) is 23.2 Å². The van der Waals surface area contributed by atoms with Crippen LogP contribution in [0.2, 0.25) is 5.02 Å². The molecule has 0 spiro atoms. The minimum absolute atomic E-state index is 0.0731. The van der Waals surface area contributed by atoms with Crippen LogP contribution in [0.3, 0.4) is 0 Å². The van der Waals surface area contributed by atoms with Gasteiger partial charge in [-0.3, -0.25) is 4.79 Å². The number of hydrogen-bond donors (Lipinski definition) is 2. The molecular formula is C13H13ClN2O3S. The van der Waals surface area contributed by atoms with Crippen molar-refractivity contribution in [3.8, 4) is 5.75 Å². The van der Waals surface area contributed by atoms with Crippen molar-refractivity contribution in [3.05, 3.63) is 34.3 Å². The van der Waals surface area contributed by atoms with E-state index in [0.717, 1.165) is 11.4 Å². The van der Waals surface area contributed by atoms with Gasteiger partial charge >= 0.3 is 5.97 Å². The minimum Gasteiger partial charge on any atom is -0.495 e. The van der Waals surface area contributed by atoms with Crippen LogP contribution in [0.15, 0.2) is 23.6 Å². The molecule has 20 heavy (non-hydrogen) atoms. The number of methoxy groups -OCH3 is 1. The van der Waals surface area contributed by atoms with Crippen LogP contribution in [0.5, 0.6) is 5.75 Å². The first kappa shape index (κ1) is 14.6. The zero-order chi connectivity index (χ0) is 14.5. The number of aromatic nitrogens is 1. The van der Waals surface area contributed by atoms with Gasteiger partial charge in [0.1, 0.15) is 5.75 Å². The predicted molar refractivity (Wildman–Crippen MR) is 79.4 cm³/mol. The number of aliphatic carboxylic acids is 1. The molecule has 2 aromatic rings. The van der Waals surface area contributed by atoms with Gasteiger partial charge in [0.25, 0.3) is 0 Å². The number of hydrogen-bond acceptors (Lipinski definition) is 5. The largest absolute Gasteiger partial charge is 0.495 e. The Kier molecular flexibility index (Phi) is 4.81. The lowest BCUT2D eigenvalue weighted by atomic mass is 10.2. The van der Waals surface area contributed by atoms with E-state index in [1.807, 2.05) is 5.38 Å². The Morgan fingerprint density at radius 2 is 2.35 bits per heavy atom. The molecule has 5 nitrogen and oxygen atoms in total. The lowest BCUT2D eigenvalue weighted by Gasteiger charge is -2.09. The maximum Gasteiger partial charge on any atom is 0.303 e. The molecule has 7 heteroatoms. The first-order valence-electron chi connectivity index (χ1n) is 5.85. The number of thiazole rings is 1. The van der Waals surface area contributed by atoms with Gasteiger partial charge in [0, 0.05) is 16.8 Å². The third kappa shape index (κ3) is 3.85. The molecule has 0 fully saturated rings. The van der Waals surface area contributed by atoms with Crippen LogP contribution in [0.4, 0.5) is 10.8 Å². The Labute approximate surface area is 125 Å². The van der Waals surface area contributed by atoms with E-state index in [4.69, 9.17) is 21.4 Å². The molecule has 0 aliphatic heterocycles. The standard InChI is InChI=1S/C13H13ClN2O3S/c1-19-11-4-2-8(14)6-10(11)16-13-15-9(7-20-13)3-5-12(17)18/h2,4,6-7H,3,5H2,1H3,(H,15,16)(H,17,18). The number of carbonyl (C=O) groups is 1. The molecule has 2 rings (SSSR count). The van der Waals surface area contributed by atoms with E-state index in [-0.39, 0.29) is 6.42 Å². The Morgan fingerprint density at radius 1 is 1.55 bits per heavy atom. The molecule has 0 bridgehead atoms. The zero-order valence-corrected chi connectivity index (χ0v) is 12.3. The van der Waals surface area contributed by atoms with Crippen LogP contribution in [0.25, 0.3) is 0 Å². The molecule has 0 radical (unpaired) electrons. The summed E-state index contributed by atoms with van der Waals surface area (Å²) in [6, 6.07) is 5.26. The third-order valence-electron chi connectivity index (χ3n) is 2.55. The number of carboxylic acids is 1. The molecule has 0 atom stereocenters. The van der Waals surface area contributed by atoms with Crippen LogP contribution < -0.4 is 10.1 Å². The molecular weight excluding hydrogens is 300 g/mol. The summed E-state index contributed by atoms with van der Waals surface area (Å²) < 4.78 is 5.24. The van der Waals surface area contributed by atoms with Gasteiger partial charge in [0.2, 0.25) is 0 Å². The quantitative estimate of drug-likeness (QED) is 0.853. The first-order chi connectivity index (χ1) is 9.58. The molecule has 0 aliphatic rings. The highest BCUT2D eigenvalue weighted by atomic mass is 35.5. The maximum atomic E-state index is 10.5. The summed E-state index contributed by atoms with van der Waals surface area (Å²) in [5.41, 5.74) is 1.47. The lowest BCUT2D eigenvalue weighted by molar-refractivity contribution is -0.136. The maximum absolute atomic E-state index is 10.5. The SMILES string of the molecule is COc1ccc(Cl)cc1Nc1nc(CCC(=O)O)cs1. The van der Waals surface area contributed by atoms with Gasteiger partial charge in [-0.05, 0) is 18.2 Å². The number of rotatable bonds is 6. The van der Waals surface area contributed by atoms with Crippen molar-refractivity contribution in [1.29, 1.82) is 0 Å². The van der Waals surface area contributed by atoms with Crippen molar-refractivity contribution in [1.82, 2.24) is 4.98 Å². The van der Waals surface area contributed by atoms with Crippen LogP contribution >= 0.6 is 22.9 Å². The molecule has 106 valence electrons. The number of benzene rings is 1. The highest BCUT2D eigenvalue weighted by molar-refractivity contribution is 7.13. The minimum atomic E-state index is -0.830. The second-order valence-electron chi connectivity index (χ2n) is 4.01. The fourth-order valence-corrected chi connectivity index (χ4v) is 2.54. The summed E-state index contributed by atoms with van der Waals surface area (Å²) in [6.07, 6.45) is 0.490. The van der Waals surface area contributed by atoms with E-state index in [1.165, 1.54) is 11.3 Å². The Balaban J connectivity index is 2.10. The number of anilines is 2. The van der Waals surface area contributed by atoms with Gasteiger partial charge in [0.05, 0.1) is 24.9 Å². The molecule has 1 heterocycles. The van der Waals surface area contributed by atoms with E-state index < -0.39 is 5.97 Å². The summed E-state index contributed by atoms with van der Waals surface area (Å²) in [7, 11) is 1.58. The molecule has 1 aromatic carbocycles. The highest BCUT2D eigenvalue weighted by Gasteiger charge is 2.08. The van der Waals surface area contributed by atoms with Crippen molar-refractivity contribution >= 4 is 39.7 Å². The van der Waals surface area contributed by atoms with Gasteiger partial charge in [-0.25, -0.2) is 4.98 Å². The second kappa shape index (κ2) is 6.58. The number of nitrogens with one attached hydrogen (secondary N) is 1. The molecule has 0 amide bonds. The molecule has 1 aromatic heterocycles. The fraction of sp³-hybridized carbons (Fsp3) is 0.231. The summed E-state index contributed by atoms with van der Waals surface area (Å²) >= 11 is 7.36. The van der Waals surface area contributed by atoms with E-state index in [2.05, 4.69) is 10.3 Å². The third-order valence-corrected chi connectivity index (χ3v) is 3.59. The summed E-state index contributed by atoms with van der Waals surface area (Å²) in [6.45, 7) is 0. The smallest absolute Gasteiger partial charge is 0.303 e. The predicted octanol–water partition coefficient (Wildman–Crippen LogP) is 3.57.